The molecule has 1 N–H and O–H groups in total. The van der Waals surface area contributed by atoms with Gasteiger partial charge in [0.2, 0.25) is 5.91 Å². The Morgan fingerprint density at radius 2 is 1.58 bits per heavy atom. The average Bonchev–Trinajstić information content (AvgIpc) is 2.67. The Labute approximate surface area is 151 Å². The van der Waals surface area contributed by atoms with E-state index in [9.17, 15) is 24.8 Å². The molecule has 1 saturated carbocycles. The summed E-state index contributed by atoms with van der Waals surface area (Å²) in [5.74, 6) is -1.89. The second-order valence-corrected chi connectivity index (χ2v) is 6.92. The van der Waals surface area contributed by atoms with E-state index >= 15 is 0 Å². The van der Waals surface area contributed by atoms with Crippen LogP contribution in [0.15, 0.2) is 24.3 Å². The van der Waals surface area contributed by atoms with Crippen molar-refractivity contribution in [2.75, 3.05) is 31.1 Å². The van der Waals surface area contributed by atoms with E-state index in [1.807, 2.05) is 0 Å². The molecule has 0 spiro atoms. The minimum atomic E-state index is -0.868. The molecule has 1 amide bonds. The van der Waals surface area contributed by atoms with Crippen molar-refractivity contribution in [3.05, 3.63) is 34.4 Å². The summed E-state index contributed by atoms with van der Waals surface area (Å²) in [6.45, 7) is 2.35. The molecule has 1 aliphatic carbocycles. The van der Waals surface area contributed by atoms with E-state index in [4.69, 9.17) is 0 Å². The average molecular weight is 361 g/mol. The molecule has 1 aliphatic heterocycles. The molecule has 0 radical (unpaired) electrons. The van der Waals surface area contributed by atoms with Crippen LogP contribution in [0, 0.1) is 22.0 Å². The number of benzene rings is 1. The molecule has 1 heterocycles. The molecule has 26 heavy (non-hydrogen) atoms. The van der Waals surface area contributed by atoms with Gasteiger partial charge in [0.25, 0.3) is 5.69 Å². The van der Waals surface area contributed by atoms with Crippen molar-refractivity contribution in [3.63, 3.8) is 0 Å². The topological polar surface area (TPSA) is 104 Å². The molecule has 140 valence electrons. The summed E-state index contributed by atoms with van der Waals surface area (Å²) in [7, 11) is 0. The van der Waals surface area contributed by atoms with Gasteiger partial charge in [0, 0.05) is 44.0 Å². The summed E-state index contributed by atoms with van der Waals surface area (Å²) in [6.07, 6.45) is 3.00. The highest BCUT2D eigenvalue weighted by atomic mass is 16.6. The number of amides is 1. The van der Waals surface area contributed by atoms with Crippen molar-refractivity contribution in [1.82, 2.24) is 4.90 Å². The van der Waals surface area contributed by atoms with Gasteiger partial charge in [-0.15, -0.1) is 0 Å². The number of aliphatic carboxylic acids is 1. The lowest BCUT2D eigenvalue weighted by Gasteiger charge is -2.39. The second kappa shape index (κ2) is 7.72. The van der Waals surface area contributed by atoms with Gasteiger partial charge in [0.1, 0.15) is 0 Å². The normalized spacial score (nSPS) is 23.5. The minimum Gasteiger partial charge on any atom is -0.481 e. The maximum absolute atomic E-state index is 12.8. The maximum atomic E-state index is 12.8. The molecule has 8 nitrogen and oxygen atoms in total. The first-order chi connectivity index (χ1) is 12.5. The van der Waals surface area contributed by atoms with Crippen molar-refractivity contribution < 1.29 is 19.6 Å². The van der Waals surface area contributed by atoms with Crippen LogP contribution < -0.4 is 4.90 Å². The Kier molecular flexibility index (Phi) is 5.39. The Balaban J connectivity index is 1.59. The van der Waals surface area contributed by atoms with Crippen LogP contribution in [0.5, 0.6) is 0 Å². The Morgan fingerprint density at radius 1 is 1.00 bits per heavy atom. The van der Waals surface area contributed by atoms with Crippen molar-refractivity contribution >= 4 is 23.3 Å². The van der Waals surface area contributed by atoms with E-state index in [1.165, 1.54) is 12.1 Å². The lowest BCUT2D eigenvalue weighted by molar-refractivity contribution is -0.384. The van der Waals surface area contributed by atoms with E-state index in [-0.39, 0.29) is 11.6 Å². The highest BCUT2D eigenvalue weighted by molar-refractivity contribution is 5.85. The number of carboxylic acids is 1. The number of hydrogen-bond acceptors (Lipinski definition) is 5. The second-order valence-electron chi connectivity index (χ2n) is 6.92. The quantitative estimate of drug-likeness (QED) is 0.651. The molecule has 0 unspecified atom stereocenters. The number of non-ortho nitro benzene ring substituents is 1. The highest BCUT2D eigenvalue weighted by Crippen LogP contribution is 2.32. The van der Waals surface area contributed by atoms with Gasteiger partial charge in [-0.3, -0.25) is 19.7 Å². The van der Waals surface area contributed by atoms with Crippen LogP contribution in [0.3, 0.4) is 0 Å². The SMILES string of the molecule is O=C(O)[C@H]1CCCC[C@@H]1C(=O)N1CCN(c2ccc([N+](=O)[O-])cc2)CC1. The van der Waals surface area contributed by atoms with Gasteiger partial charge in [0.15, 0.2) is 0 Å². The maximum Gasteiger partial charge on any atom is 0.307 e. The number of carbonyl (C=O) groups is 2. The third kappa shape index (κ3) is 3.79. The number of nitro groups is 1. The molecule has 1 aromatic rings. The molecule has 1 saturated heterocycles. The molecule has 2 fully saturated rings. The van der Waals surface area contributed by atoms with E-state index < -0.39 is 22.7 Å². The number of carboxylic acid groups (broad SMARTS) is 1. The van der Waals surface area contributed by atoms with Gasteiger partial charge in [-0.25, -0.2) is 0 Å². The standard InChI is InChI=1S/C18H23N3O5/c22-17(15-3-1-2-4-16(15)18(23)24)20-11-9-19(10-12-20)13-5-7-14(8-6-13)21(25)26/h5-8,15-16H,1-4,9-12H2,(H,23,24)/t15-,16-/m0/s1. The largest absolute Gasteiger partial charge is 0.481 e. The molecule has 3 rings (SSSR count). The first-order valence-corrected chi connectivity index (χ1v) is 8.98. The zero-order valence-corrected chi connectivity index (χ0v) is 14.5. The van der Waals surface area contributed by atoms with Crippen LogP contribution in [-0.2, 0) is 9.59 Å². The number of nitrogens with zero attached hydrogens (tertiary/aromatic N) is 3. The predicted molar refractivity (Wildman–Crippen MR) is 95.0 cm³/mol. The van der Waals surface area contributed by atoms with E-state index in [0.29, 0.717) is 39.0 Å². The monoisotopic (exact) mass is 361 g/mol. The van der Waals surface area contributed by atoms with E-state index in [2.05, 4.69) is 4.90 Å². The lowest BCUT2D eigenvalue weighted by atomic mass is 9.78. The van der Waals surface area contributed by atoms with Gasteiger partial charge in [-0.05, 0) is 25.0 Å². The molecular formula is C18H23N3O5. The van der Waals surface area contributed by atoms with E-state index in [0.717, 1.165) is 18.5 Å². The van der Waals surface area contributed by atoms with Gasteiger partial charge < -0.3 is 14.9 Å². The summed E-state index contributed by atoms with van der Waals surface area (Å²) >= 11 is 0. The smallest absolute Gasteiger partial charge is 0.307 e. The number of piperazine rings is 1. The number of rotatable bonds is 4. The van der Waals surface area contributed by atoms with Crippen LogP contribution in [0.4, 0.5) is 11.4 Å². The summed E-state index contributed by atoms with van der Waals surface area (Å²) in [6, 6.07) is 6.40. The van der Waals surface area contributed by atoms with Crippen LogP contribution in [0.25, 0.3) is 0 Å². The fourth-order valence-corrected chi connectivity index (χ4v) is 3.93. The highest BCUT2D eigenvalue weighted by Gasteiger charge is 2.38. The molecule has 0 bridgehead atoms. The molecule has 2 aliphatic rings. The Morgan fingerprint density at radius 3 is 2.12 bits per heavy atom. The molecule has 8 heteroatoms. The third-order valence-corrected chi connectivity index (χ3v) is 5.42. The zero-order chi connectivity index (χ0) is 18.7. The summed E-state index contributed by atoms with van der Waals surface area (Å²) in [4.78, 5) is 38.4. The van der Waals surface area contributed by atoms with Gasteiger partial charge in [0.05, 0.1) is 16.8 Å². The molecular weight excluding hydrogens is 338 g/mol. The molecule has 1 aromatic carbocycles. The Hall–Kier alpha value is -2.64. The first kappa shape index (κ1) is 18.2. The summed E-state index contributed by atoms with van der Waals surface area (Å²) in [5.41, 5.74) is 0.948. The van der Waals surface area contributed by atoms with Gasteiger partial charge in [-0.1, -0.05) is 12.8 Å². The molecule has 0 aromatic heterocycles. The fourth-order valence-electron chi connectivity index (χ4n) is 3.93. The minimum absolute atomic E-state index is 0.0413. The predicted octanol–water partition coefficient (Wildman–Crippen LogP) is 2.13. The van der Waals surface area contributed by atoms with Crippen LogP contribution in [-0.4, -0.2) is 53.0 Å². The third-order valence-electron chi connectivity index (χ3n) is 5.42. The van der Waals surface area contributed by atoms with Gasteiger partial charge in [-0.2, -0.15) is 0 Å². The fraction of sp³-hybridized carbons (Fsp3) is 0.556. The van der Waals surface area contributed by atoms with Gasteiger partial charge >= 0.3 is 5.97 Å². The van der Waals surface area contributed by atoms with Crippen molar-refractivity contribution in [2.24, 2.45) is 11.8 Å². The summed E-state index contributed by atoms with van der Waals surface area (Å²) < 4.78 is 0. The van der Waals surface area contributed by atoms with Crippen molar-refractivity contribution in [1.29, 1.82) is 0 Å². The first-order valence-electron chi connectivity index (χ1n) is 8.98. The van der Waals surface area contributed by atoms with Crippen LogP contribution in [0.2, 0.25) is 0 Å². The number of hydrogen-bond donors (Lipinski definition) is 1. The van der Waals surface area contributed by atoms with Crippen molar-refractivity contribution in [2.45, 2.75) is 25.7 Å². The van der Waals surface area contributed by atoms with Crippen molar-refractivity contribution in [3.8, 4) is 0 Å². The van der Waals surface area contributed by atoms with Crippen LogP contribution >= 0.6 is 0 Å². The van der Waals surface area contributed by atoms with Crippen LogP contribution in [0.1, 0.15) is 25.7 Å². The number of nitro benzene ring substituents is 1. The van der Waals surface area contributed by atoms with E-state index in [1.54, 1.807) is 17.0 Å². The number of carbonyl (C=O) groups excluding carboxylic acids is 1. The number of anilines is 1. The summed E-state index contributed by atoms with van der Waals surface area (Å²) in [5, 5.41) is 20.1. The zero-order valence-electron chi connectivity index (χ0n) is 14.5. The molecule has 2 atom stereocenters. The lowest BCUT2D eigenvalue weighted by Crippen LogP contribution is -2.52. The Bertz CT molecular complexity index is 683.